The van der Waals surface area contributed by atoms with Gasteiger partial charge in [0, 0.05) is 37.6 Å². The monoisotopic (exact) mass is 791 g/mol. The number of oxazole rings is 1. The molecule has 0 fully saturated rings. The van der Waals surface area contributed by atoms with E-state index in [0.29, 0.717) is 36.5 Å². The Hall–Kier alpha value is -6.27. The number of nitrogens with one attached hydrogen (secondary N) is 3. The highest BCUT2D eigenvalue weighted by atomic mass is 16.3. The molecule has 0 spiro atoms. The molecule has 0 saturated carbocycles. The van der Waals surface area contributed by atoms with Gasteiger partial charge in [-0.25, -0.2) is 4.98 Å². The number of para-hydroxylation sites is 2. The summed E-state index contributed by atoms with van der Waals surface area (Å²) in [6, 6.07) is 33.8. The molecule has 0 aliphatic carbocycles. The smallest absolute Gasteiger partial charge is 0.242 e. The molecular formula is C50H57N5O4. The highest BCUT2D eigenvalue weighted by Crippen LogP contribution is 2.22. The third-order valence-corrected chi connectivity index (χ3v) is 10.1. The third kappa shape index (κ3) is 15.5. The van der Waals surface area contributed by atoms with Crippen molar-refractivity contribution in [2.75, 3.05) is 11.9 Å². The Morgan fingerprint density at radius 2 is 1.36 bits per heavy atom. The van der Waals surface area contributed by atoms with E-state index in [9.17, 15) is 19.6 Å². The molecule has 1 heterocycles. The number of hydrogen-bond donors (Lipinski definition) is 3. The number of fused-ring (bicyclic) bond motifs is 1. The Balaban J connectivity index is 1.03. The van der Waals surface area contributed by atoms with E-state index >= 15 is 0 Å². The number of rotatable bonds is 24. The molecule has 3 N–H and O–H groups in total. The van der Waals surface area contributed by atoms with Crippen LogP contribution in [0.5, 0.6) is 0 Å². The quantitative estimate of drug-likeness (QED) is 0.0323. The number of anilines is 1. The van der Waals surface area contributed by atoms with Crippen LogP contribution >= 0.6 is 0 Å². The molecule has 0 aliphatic heterocycles. The van der Waals surface area contributed by atoms with Crippen molar-refractivity contribution in [3.8, 4) is 6.07 Å². The van der Waals surface area contributed by atoms with E-state index in [0.717, 1.165) is 46.2 Å². The fourth-order valence-corrected chi connectivity index (χ4v) is 6.82. The Bertz CT molecular complexity index is 2130. The average Bonchev–Trinajstić information content (AvgIpc) is 3.68. The molecule has 5 aromatic rings. The van der Waals surface area contributed by atoms with Gasteiger partial charge in [-0.1, -0.05) is 144 Å². The number of unbranched alkanes of at least 4 members (excludes halogenated alkanes) is 9. The van der Waals surface area contributed by atoms with Crippen molar-refractivity contribution in [1.82, 2.24) is 15.6 Å². The van der Waals surface area contributed by atoms with Crippen LogP contribution in [0.25, 0.3) is 34.9 Å². The van der Waals surface area contributed by atoms with Gasteiger partial charge in [-0.2, -0.15) is 5.26 Å². The summed E-state index contributed by atoms with van der Waals surface area (Å²) in [5, 5.41) is 18.7. The zero-order valence-corrected chi connectivity index (χ0v) is 34.3. The fourth-order valence-electron chi connectivity index (χ4n) is 6.82. The van der Waals surface area contributed by atoms with Crippen LogP contribution in [0.4, 0.5) is 5.69 Å². The van der Waals surface area contributed by atoms with Gasteiger partial charge in [0.2, 0.25) is 23.6 Å². The highest BCUT2D eigenvalue weighted by Gasteiger charge is 2.21. The summed E-state index contributed by atoms with van der Waals surface area (Å²) in [6.07, 6.45) is 18.8. The van der Waals surface area contributed by atoms with Crippen LogP contribution in [0.3, 0.4) is 0 Å². The maximum atomic E-state index is 13.2. The standard InChI is InChI=1S/C50H57N5O4/c1-2-3-4-5-6-7-8-9-10-16-34-52-50(58)45(36-39-18-12-11-13-19-39)54-48(57)23-17-22-47(56)53-43-31-29-41(30-32-43)42(37-51)35-40-26-24-38(25-27-40)28-33-49-55-44-20-14-15-21-46(44)59-49/h11-15,18-21,24-33,35,45H,2-10,16-17,22-23,34,36H2,1H3,(H,52,58)(H,53,56)(H,54,57)/b33-28+,42-35-. The minimum atomic E-state index is -0.693. The first-order valence-corrected chi connectivity index (χ1v) is 21.2. The van der Waals surface area contributed by atoms with E-state index in [-0.39, 0.29) is 30.6 Å². The lowest BCUT2D eigenvalue weighted by atomic mass is 10.0. The molecule has 1 aromatic heterocycles. The second kappa shape index (κ2) is 24.5. The summed E-state index contributed by atoms with van der Waals surface area (Å²) >= 11 is 0. The number of hydrogen-bond acceptors (Lipinski definition) is 6. The number of carbonyl (C=O) groups excluding carboxylic acids is 3. The number of aromatic nitrogens is 1. The second-order valence-electron chi connectivity index (χ2n) is 15.0. The maximum absolute atomic E-state index is 13.2. The molecule has 0 saturated heterocycles. The lowest BCUT2D eigenvalue weighted by molar-refractivity contribution is -0.129. The van der Waals surface area contributed by atoms with Crippen LogP contribution in [0.1, 0.15) is 119 Å². The van der Waals surface area contributed by atoms with Gasteiger partial charge in [0.15, 0.2) is 5.58 Å². The summed E-state index contributed by atoms with van der Waals surface area (Å²) in [7, 11) is 0. The molecule has 4 aromatic carbocycles. The molecule has 306 valence electrons. The molecule has 5 rings (SSSR count). The van der Waals surface area contributed by atoms with Crippen LogP contribution in [-0.4, -0.2) is 35.3 Å². The highest BCUT2D eigenvalue weighted by molar-refractivity contribution is 5.93. The first kappa shape index (κ1) is 43.8. The van der Waals surface area contributed by atoms with Gasteiger partial charge in [-0.3, -0.25) is 14.4 Å². The predicted octanol–water partition coefficient (Wildman–Crippen LogP) is 10.9. The van der Waals surface area contributed by atoms with Gasteiger partial charge in [0.1, 0.15) is 11.6 Å². The SMILES string of the molecule is CCCCCCCCCCCCNC(=O)C(Cc1ccccc1)NC(=O)CCCC(=O)Nc1ccc(/C(C#N)=C\c2ccc(/C=C/c3nc4ccccc4o3)cc2)cc1. The molecule has 9 nitrogen and oxygen atoms in total. The Morgan fingerprint density at radius 1 is 0.712 bits per heavy atom. The molecule has 3 amide bonds. The Labute approximate surface area is 349 Å². The number of allylic oxidation sites excluding steroid dienone is 1. The van der Waals surface area contributed by atoms with Crippen molar-refractivity contribution < 1.29 is 18.8 Å². The zero-order valence-electron chi connectivity index (χ0n) is 34.3. The van der Waals surface area contributed by atoms with Gasteiger partial charge < -0.3 is 20.4 Å². The van der Waals surface area contributed by atoms with Gasteiger partial charge >= 0.3 is 0 Å². The number of nitrogens with zero attached hydrogens (tertiary/aromatic N) is 2. The summed E-state index contributed by atoms with van der Waals surface area (Å²) in [5.41, 5.74) is 6.16. The lowest BCUT2D eigenvalue weighted by Gasteiger charge is -2.19. The van der Waals surface area contributed by atoms with Crippen LogP contribution in [0.2, 0.25) is 0 Å². The minimum Gasteiger partial charge on any atom is -0.437 e. The summed E-state index contributed by atoms with van der Waals surface area (Å²) in [6.45, 7) is 2.82. The Morgan fingerprint density at radius 3 is 2.05 bits per heavy atom. The van der Waals surface area contributed by atoms with E-state index in [4.69, 9.17) is 4.42 Å². The number of carbonyl (C=O) groups is 3. The summed E-state index contributed by atoms with van der Waals surface area (Å²) in [5.74, 6) is -0.141. The predicted molar refractivity (Wildman–Crippen MR) is 239 cm³/mol. The molecule has 0 aliphatic rings. The zero-order chi connectivity index (χ0) is 41.5. The van der Waals surface area contributed by atoms with E-state index < -0.39 is 6.04 Å². The molecule has 59 heavy (non-hydrogen) atoms. The topological polar surface area (TPSA) is 137 Å². The van der Waals surface area contributed by atoms with Crippen molar-refractivity contribution in [3.05, 3.63) is 131 Å². The van der Waals surface area contributed by atoms with Gasteiger partial charge in [-0.05, 0) is 71.5 Å². The van der Waals surface area contributed by atoms with Crippen LogP contribution < -0.4 is 16.0 Å². The van der Waals surface area contributed by atoms with Gasteiger partial charge in [0.05, 0.1) is 11.6 Å². The van der Waals surface area contributed by atoms with Gasteiger partial charge in [0.25, 0.3) is 0 Å². The van der Waals surface area contributed by atoms with E-state index in [1.165, 1.54) is 51.4 Å². The average molecular weight is 792 g/mol. The number of benzene rings is 4. The van der Waals surface area contributed by atoms with Crippen LogP contribution in [-0.2, 0) is 20.8 Å². The number of nitriles is 1. The molecule has 0 bridgehead atoms. The van der Waals surface area contributed by atoms with Crippen molar-refractivity contribution in [2.45, 2.75) is 103 Å². The van der Waals surface area contributed by atoms with E-state index in [1.54, 1.807) is 24.3 Å². The van der Waals surface area contributed by atoms with Crippen LogP contribution in [0, 0.1) is 11.3 Å². The third-order valence-electron chi connectivity index (χ3n) is 10.1. The van der Waals surface area contributed by atoms with E-state index in [2.05, 4.69) is 33.9 Å². The molecular weight excluding hydrogens is 735 g/mol. The summed E-state index contributed by atoms with van der Waals surface area (Å²) in [4.78, 5) is 43.4. The molecule has 0 radical (unpaired) electrons. The maximum Gasteiger partial charge on any atom is 0.242 e. The lowest BCUT2D eigenvalue weighted by Crippen LogP contribution is -2.48. The first-order chi connectivity index (χ1) is 28.9. The Kier molecular flexibility index (Phi) is 18.2. The second-order valence-corrected chi connectivity index (χ2v) is 15.0. The largest absolute Gasteiger partial charge is 0.437 e. The van der Waals surface area contributed by atoms with Crippen molar-refractivity contribution >= 4 is 58.3 Å². The van der Waals surface area contributed by atoms with Crippen molar-refractivity contribution in [3.63, 3.8) is 0 Å². The fraction of sp³-hybridized carbons (Fsp3) is 0.340. The number of amides is 3. The minimum absolute atomic E-state index is 0.120. The first-order valence-electron chi connectivity index (χ1n) is 21.2. The molecule has 1 atom stereocenters. The van der Waals surface area contributed by atoms with Crippen molar-refractivity contribution in [1.29, 1.82) is 5.26 Å². The van der Waals surface area contributed by atoms with Crippen molar-refractivity contribution in [2.24, 2.45) is 0 Å². The summed E-state index contributed by atoms with van der Waals surface area (Å²) < 4.78 is 5.75. The van der Waals surface area contributed by atoms with E-state index in [1.807, 2.05) is 97.1 Å². The molecule has 1 unspecified atom stereocenters. The van der Waals surface area contributed by atoms with Crippen LogP contribution in [0.15, 0.2) is 108 Å². The normalized spacial score (nSPS) is 12.0. The molecule has 9 heteroatoms. The van der Waals surface area contributed by atoms with Gasteiger partial charge in [-0.15, -0.1) is 0 Å².